The number of nitrogens with zero attached hydrogens (tertiary/aromatic N) is 1. The summed E-state index contributed by atoms with van der Waals surface area (Å²) in [6.45, 7) is 5.95. The molecule has 1 N–H and O–H groups in total. The van der Waals surface area contributed by atoms with Crippen LogP contribution in [-0.4, -0.2) is 32.4 Å². The highest BCUT2D eigenvalue weighted by atomic mass is 32.2. The molecule has 20 heavy (non-hydrogen) atoms. The van der Waals surface area contributed by atoms with E-state index in [0.717, 1.165) is 0 Å². The molecule has 0 spiro atoms. The summed E-state index contributed by atoms with van der Waals surface area (Å²) < 4.78 is 40.1. The van der Waals surface area contributed by atoms with E-state index in [-0.39, 0.29) is 11.4 Å². The van der Waals surface area contributed by atoms with Gasteiger partial charge in [0.1, 0.15) is 5.82 Å². The van der Waals surface area contributed by atoms with Gasteiger partial charge in [-0.3, -0.25) is 0 Å². The average molecular weight is 302 g/mol. The van der Waals surface area contributed by atoms with Crippen LogP contribution in [0.25, 0.3) is 0 Å². The molecule has 0 aliphatic carbocycles. The molecule has 1 rings (SSSR count). The van der Waals surface area contributed by atoms with Crippen molar-refractivity contribution < 1.29 is 12.8 Å². The number of rotatable bonds is 6. The lowest BCUT2D eigenvalue weighted by molar-refractivity contribution is 0.257. The Labute approximate surface area is 121 Å². The zero-order valence-corrected chi connectivity index (χ0v) is 13.5. The van der Waals surface area contributed by atoms with Gasteiger partial charge in [-0.15, -0.1) is 0 Å². The van der Waals surface area contributed by atoms with Crippen LogP contribution in [0, 0.1) is 5.82 Å². The molecular weight excluding hydrogens is 279 g/mol. The largest absolute Gasteiger partial charge is 0.316 e. The summed E-state index contributed by atoms with van der Waals surface area (Å²) >= 11 is 0. The van der Waals surface area contributed by atoms with Crippen molar-refractivity contribution in [2.45, 2.75) is 44.2 Å². The van der Waals surface area contributed by atoms with E-state index in [0.29, 0.717) is 12.0 Å². The molecule has 114 valence electrons. The average Bonchev–Trinajstić information content (AvgIpc) is 2.40. The third kappa shape index (κ3) is 3.37. The van der Waals surface area contributed by atoms with E-state index < -0.39 is 21.4 Å². The molecule has 0 heterocycles. The molecule has 1 aromatic rings. The molecule has 0 amide bonds. The lowest BCUT2D eigenvalue weighted by Gasteiger charge is -2.33. The van der Waals surface area contributed by atoms with Crippen LogP contribution >= 0.6 is 0 Å². The first-order valence-corrected chi connectivity index (χ1v) is 8.03. The van der Waals surface area contributed by atoms with Gasteiger partial charge in [0.15, 0.2) is 0 Å². The van der Waals surface area contributed by atoms with E-state index in [9.17, 15) is 12.8 Å². The molecule has 0 fully saturated rings. The first-order valence-electron chi connectivity index (χ1n) is 6.59. The van der Waals surface area contributed by atoms with Crippen LogP contribution in [0.3, 0.4) is 0 Å². The second-order valence-electron chi connectivity index (χ2n) is 5.42. The third-order valence-corrected chi connectivity index (χ3v) is 5.83. The van der Waals surface area contributed by atoms with Crippen LogP contribution < -0.4 is 5.32 Å². The number of sulfonamides is 1. The Balaban J connectivity index is 3.26. The van der Waals surface area contributed by atoms with E-state index in [1.807, 2.05) is 20.8 Å². The smallest absolute Gasteiger partial charge is 0.243 e. The molecule has 0 bridgehead atoms. The summed E-state index contributed by atoms with van der Waals surface area (Å²) in [5.74, 6) is -0.407. The maximum atomic E-state index is 13.6. The van der Waals surface area contributed by atoms with Crippen molar-refractivity contribution in [3.05, 3.63) is 29.6 Å². The SMILES string of the molecule is CCC(C)(C)N(C)S(=O)(=O)c1ccc(F)c(CNC)c1. The van der Waals surface area contributed by atoms with Crippen LogP contribution in [0.5, 0.6) is 0 Å². The van der Waals surface area contributed by atoms with Crippen molar-refractivity contribution in [2.75, 3.05) is 14.1 Å². The van der Waals surface area contributed by atoms with Gasteiger partial charge in [-0.25, -0.2) is 12.8 Å². The molecule has 0 unspecified atom stereocenters. The zero-order chi connectivity index (χ0) is 15.6. The fraction of sp³-hybridized carbons (Fsp3) is 0.571. The van der Waals surface area contributed by atoms with Crippen LogP contribution in [0.15, 0.2) is 23.1 Å². The van der Waals surface area contributed by atoms with Gasteiger partial charge in [-0.2, -0.15) is 4.31 Å². The Kier molecular flexibility index (Phi) is 5.29. The minimum atomic E-state index is -3.63. The number of benzene rings is 1. The van der Waals surface area contributed by atoms with Crippen LogP contribution in [0.2, 0.25) is 0 Å². The molecule has 0 saturated heterocycles. The fourth-order valence-corrected chi connectivity index (χ4v) is 3.37. The van der Waals surface area contributed by atoms with Crippen LogP contribution in [-0.2, 0) is 16.6 Å². The minimum absolute atomic E-state index is 0.119. The minimum Gasteiger partial charge on any atom is -0.316 e. The molecule has 0 radical (unpaired) electrons. The van der Waals surface area contributed by atoms with E-state index in [1.165, 1.54) is 22.5 Å². The standard InChI is InChI=1S/C14H23FN2O2S/c1-6-14(2,3)17(5)20(18,19)12-7-8-13(15)11(9-12)10-16-4/h7-9,16H,6,10H2,1-5H3. The van der Waals surface area contributed by atoms with E-state index >= 15 is 0 Å². The maximum Gasteiger partial charge on any atom is 0.243 e. The number of nitrogens with one attached hydrogen (secondary N) is 1. The van der Waals surface area contributed by atoms with Crippen LogP contribution in [0.4, 0.5) is 4.39 Å². The number of hydrogen-bond donors (Lipinski definition) is 1. The first-order chi connectivity index (χ1) is 9.16. The highest BCUT2D eigenvalue weighted by Gasteiger charge is 2.32. The van der Waals surface area contributed by atoms with Crippen molar-refractivity contribution in [3.8, 4) is 0 Å². The molecule has 4 nitrogen and oxygen atoms in total. The second kappa shape index (κ2) is 6.20. The monoisotopic (exact) mass is 302 g/mol. The van der Waals surface area contributed by atoms with Gasteiger partial charge in [0.05, 0.1) is 4.90 Å². The number of hydrogen-bond acceptors (Lipinski definition) is 3. The lowest BCUT2D eigenvalue weighted by Crippen LogP contribution is -2.44. The van der Waals surface area contributed by atoms with E-state index in [4.69, 9.17) is 0 Å². The Morgan fingerprint density at radius 2 is 1.95 bits per heavy atom. The summed E-state index contributed by atoms with van der Waals surface area (Å²) in [5, 5.41) is 2.83. The second-order valence-corrected chi connectivity index (χ2v) is 7.39. The van der Waals surface area contributed by atoms with Gasteiger partial charge in [-0.05, 0) is 45.5 Å². The van der Waals surface area contributed by atoms with Gasteiger partial charge in [-0.1, -0.05) is 6.92 Å². The summed E-state index contributed by atoms with van der Waals surface area (Å²) in [6, 6.07) is 3.90. The summed E-state index contributed by atoms with van der Waals surface area (Å²) in [7, 11) is -0.385. The van der Waals surface area contributed by atoms with E-state index in [2.05, 4.69) is 5.32 Å². The lowest BCUT2D eigenvalue weighted by atomic mass is 10.0. The summed E-state index contributed by atoms with van der Waals surface area (Å²) in [6.07, 6.45) is 0.688. The zero-order valence-electron chi connectivity index (χ0n) is 12.7. The maximum absolute atomic E-state index is 13.6. The van der Waals surface area contributed by atoms with Gasteiger partial charge < -0.3 is 5.32 Å². The van der Waals surface area contributed by atoms with Crippen molar-refractivity contribution in [1.82, 2.24) is 9.62 Å². The molecule has 0 saturated carbocycles. The predicted octanol–water partition coefficient (Wildman–Crippen LogP) is 2.35. The summed E-state index contributed by atoms with van der Waals surface area (Å²) in [4.78, 5) is 0.119. The van der Waals surface area contributed by atoms with E-state index in [1.54, 1.807) is 14.1 Å². The quantitative estimate of drug-likeness (QED) is 0.877. The van der Waals surface area contributed by atoms with Crippen molar-refractivity contribution >= 4 is 10.0 Å². The van der Waals surface area contributed by atoms with Gasteiger partial charge >= 0.3 is 0 Å². The molecule has 1 aromatic carbocycles. The normalized spacial score (nSPS) is 12.9. The Morgan fingerprint density at radius 3 is 2.45 bits per heavy atom. The van der Waals surface area contributed by atoms with Gasteiger partial charge in [0.25, 0.3) is 0 Å². The van der Waals surface area contributed by atoms with Crippen molar-refractivity contribution in [3.63, 3.8) is 0 Å². The molecule has 6 heteroatoms. The molecular formula is C14H23FN2O2S. The Bertz CT molecular complexity index is 571. The predicted molar refractivity (Wildman–Crippen MR) is 78.5 cm³/mol. The fourth-order valence-electron chi connectivity index (χ4n) is 1.74. The van der Waals surface area contributed by atoms with Crippen molar-refractivity contribution in [1.29, 1.82) is 0 Å². The highest BCUT2D eigenvalue weighted by molar-refractivity contribution is 7.89. The molecule has 0 aliphatic rings. The van der Waals surface area contributed by atoms with Gasteiger partial charge in [0, 0.05) is 24.7 Å². The number of halogens is 1. The Hall–Kier alpha value is -0.980. The molecule has 0 aliphatic heterocycles. The topological polar surface area (TPSA) is 49.4 Å². The Morgan fingerprint density at radius 1 is 1.35 bits per heavy atom. The van der Waals surface area contributed by atoms with Crippen molar-refractivity contribution in [2.24, 2.45) is 0 Å². The molecule has 0 aromatic heterocycles. The van der Waals surface area contributed by atoms with Gasteiger partial charge in [0.2, 0.25) is 10.0 Å². The highest BCUT2D eigenvalue weighted by Crippen LogP contribution is 2.26. The first kappa shape index (κ1) is 17.1. The third-order valence-electron chi connectivity index (χ3n) is 3.76. The molecule has 0 atom stereocenters. The summed E-state index contributed by atoms with van der Waals surface area (Å²) in [5.41, 5.74) is -0.146. The van der Waals surface area contributed by atoms with Crippen LogP contribution in [0.1, 0.15) is 32.8 Å².